The zero-order chi connectivity index (χ0) is 14.4. The minimum absolute atomic E-state index is 0.168. The second-order valence-corrected chi connectivity index (χ2v) is 4.92. The van der Waals surface area contributed by atoms with Crippen molar-refractivity contribution in [2.75, 3.05) is 13.1 Å². The zero-order valence-corrected chi connectivity index (χ0v) is 12.1. The van der Waals surface area contributed by atoms with E-state index in [2.05, 4.69) is 22.4 Å². The lowest BCUT2D eigenvalue weighted by molar-refractivity contribution is 0.488. The van der Waals surface area contributed by atoms with Gasteiger partial charge in [-0.05, 0) is 44.1 Å². The van der Waals surface area contributed by atoms with E-state index in [4.69, 9.17) is 16.0 Å². The molecule has 2 rings (SSSR count). The molecule has 4 nitrogen and oxygen atoms in total. The van der Waals surface area contributed by atoms with Crippen LogP contribution in [0.3, 0.4) is 0 Å². The first-order chi connectivity index (χ1) is 9.70. The predicted octanol–water partition coefficient (Wildman–Crippen LogP) is 3.46. The van der Waals surface area contributed by atoms with Gasteiger partial charge in [0, 0.05) is 11.4 Å². The van der Waals surface area contributed by atoms with Crippen molar-refractivity contribution in [3.8, 4) is 11.5 Å². The Balaban J connectivity index is 1.96. The summed E-state index contributed by atoms with van der Waals surface area (Å²) in [6, 6.07) is 4.25. The number of hydrogen-bond acceptors (Lipinski definition) is 4. The summed E-state index contributed by atoms with van der Waals surface area (Å²) in [6.45, 7) is 4.02. The van der Waals surface area contributed by atoms with Gasteiger partial charge in [-0.25, -0.2) is 4.39 Å². The van der Waals surface area contributed by atoms with Gasteiger partial charge in [-0.2, -0.15) is 0 Å². The van der Waals surface area contributed by atoms with Crippen molar-refractivity contribution in [3.63, 3.8) is 0 Å². The van der Waals surface area contributed by atoms with Gasteiger partial charge in [-0.3, -0.25) is 0 Å². The molecule has 6 heteroatoms. The van der Waals surface area contributed by atoms with Crippen molar-refractivity contribution in [1.82, 2.24) is 15.5 Å². The molecule has 0 saturated heterocycles. The number of aryl methyl sites for hydroxylation is 1. The largest absolute Gasteiger partial charge is 0.421 e. The van der Waals surface area contributed by atoms with E-state index in [1.807, 2.05) is 0 Å². The fraction of sp³-hybridized carbons (Fsp3) is 0.429. The lowest BCUT2D eigenvalue weighted by Gasteiger charge is -2.00. The summed E-state index contributed by atoms with van der Waals surface area (Å²) in [4.78, 5) is 0. The van der Waals surface area contributed by atoms with Gasteiger partial charge in [0.15, 0.2) is 0 Å². The fourth-order valence-electron chi connectivity index (χ4n) is 1.79. The summed E-state index contributed by atoms with van der Waals surface area (Å²) in [5.74, 6) is 0.258. The van der Waals surface area contributed by atoms with E-state index < -0.39 is 5.82 Å². The van der Waals surface area contributed by atoms with Crippen LogP contribution in [0.1, 0.15) is 25.7 Å². The van der Waals surface area contributed by atoms with Crippen LogP contribution in [0.2, 0.25) is 5.02 Å². The molecule has 1 aromatic carbocycles. The summed E-state index contributed by atoms with van der Waals surface area (Å²) in [5.41, 5.74) is 0.236. The van der Waals surface area contributed by atoms with Crippen LogP contribution in [0, 0.1) is 5.82 Å². The van der Waals surface area contributed by atoms with Crippen LogP contribution in [0.25, 0.3) is 11.5 Å². The quantitative estimate of drug-likeness (QED) is 0.795. The van der Waals surface area contributed by atoms with E-state index in [0.29, 0.717) is 17.3 Å². The topological polar surface area (TPSA) is 51.0 Å². The van der Waals surface area contributed by atoms with Crippen molar-refractivity contribution >= 4 is 11.6 Å². The highest BCUT2D eigenvalue weighted by molar-refractivity contribution is 6.30. The Morgan fingerprint density at radius 2 is 2.15 bits per heavy atom. The Labute approximate surface area is 122 Å². The van der Waals surface area contributed by atoms with E-state index in [1.54, 1.807) is 0 Å². The van der Waals surface area contributed by atoms with Gasteiger partial charge in [0.25, 0.3) is 5.89 Å². The molecule has 0 amide bonds. The lowest BCUT2D eigenvalue weighted by Crippen LogP contribution is -2.16. The minimum atomic E-state index is -0.422. The monoisotopic (exact) mass is 297 g/mol. The van der Waals surface area contributed by atoms with Crippen LogP contribution in [0.15, 0.2) is 22.6 Å². The number of nitrogens with one attached hydrogen (secondary N) is 1. The molecule has 1 N–H and O–H groups in total. The van der Waals surface area contributed by atoms with Gasteiger partial charge in [0.1, 0.15) is 5.82 Å². The first-order valence-corrected chi connectivity index (χ1v) is 7.07. The highest BCUT2D eigenvalue weighted by Crippen LogP contribution is 2.25. The molecule has 0 unspecified atom stereocenters. The maximum atomic E-state index is 13.7. The molecule has 2 aromatic rings. The molecule has 0 aliphatic heterocycles. The standard InChI is InChI=1S/C14H17ClFN3O/c1-2-7-17-8-3-4-13-18-19-14(20-13)11-9-10(15)5-6-12(11)16/h5-6,9,17H,2-4,7-8H2,1H3. The summed E-state index contributed by atoms with van der Waals surface area (Å²) in [5, 5.41) is 11.5. The molecule has 0 aliphatic rings. The average Bonchev–Trinajstić information content (AvgIpc) is 2.90. The smallest absolute Gasteiger partial charge is 0.250 e. The Morgan fingerprint density at radius 3 is 2.95 bits per heavy atom. The van der Waals surface area contributed by atoms with Gasteiger partial charge in [-0.1, -0.05) is 18.5 Å². The van der Waals surface area contributed by atoms with Crippen LogP contribution < -0.4 is 5.32 Å². The Morgan fingerprint density at radius 1 is 1.30 bits per heavy atom. The fourth-order valence-corrected chi connectivity index (χ4v) is 1.96. The molecule has 0 fully saturated rings. The molecule has 0 spiro atoms. The van der Waals surface area contributed by atoms with E-state index in [9.17, 15) is 4.39 Å². The Kier molecular flexibility index (Phi) is 5.49. The number of aromatic nitrogens is 2. The molecule has 0 aliphatic carbocycles. The molecular weight excluding hydrogens is 281 g/mol. The third-order valence-corrected chi connectivity index (χ3v) is 3.03. The van der Waals surface area contributed by atoms with Crippen molar-refractivity contribution in [1.29, 1.82) is 0 Å². The van der Waals surface area contributed by atoms with E-state index in [1.165, 1.54) is 18.2 Å². The third-order valence-electron chi connectivity index (χ3n) is 2.80. The second kappa shape index (κ2) is 7.36. The summed E-state index contributed by atoms with van der Waals surface area (Å²) in [7, 11) is 0. The molecule has 1 heterocycles. The minimum Gasteiger partial charge on any atom is -0.421 e. The van der Waals surface area contributed by atoms with E-state index in [-0.39, 0.29) is 11.5 Å². The summed E-state index contributed by atoms with van der Waals surface area (Å²) in [6.07, 6.45) is 2.68. The SMILES string of the molecule is CCCNCCCc1nnc(-c2cc(Cl)ccc2F)o1. The summed E-state index contributed by atoms with van der Waals surface area (Å²) < 4.78 is 19.1. The average molecular weight is 298 g/mol. The van der Waals surface area contributed by atoms with Gasteiger partial charge < -0.3 is 9.73 Å². The van der Waals surface area contributed by atoms with Crippen LogP contribution in [0.4, 0.5) is 4.39 Å². The summed E-state index contributed by atoms with van der Waals surface area (Å²) >= 11 is 5.84. The van der Waals surface area contributed by atoms with Crippen LogP contribution in [0.5, 0.6) is 0 Å². The van der Waals surface area contributed by atoms with Crippen LogP contribution in [-0.4, -0.2) is 23.3 Å². The van der Waals surface area contributed by atoms with Gasteiger partial charge in [0.05, 0.1) is 5.56 Å². The van der Waals surface area contributed by atoms with Gasteiger partial charge in [-0.15, -0.1) is 10.2 Å². The maximum absolute atomic E-state index is 13.7. The number of hydrogen-bond donors (Lipinski definition) is 1. The van der Waals surface area contributed by atoms with Crippen molar-refractivity contribution < 1.29 is 8.81 Å². The van der Waals surface area contributed by atoms with Gasteiger partial charge in [0.2, 0.25) is 5.89 Å². The molecule has 1 aromatic heterocycles. The van der Waals surface area contributed by atoms with Gasteiger partial charge >= 0.3 is 0 Å². The molecular formula is C14H17ClFN3O. The first-order valence-electron chi connectivity index (χ1n) is 6.69. The highest BCUT2D eigenvalue weighted by atomic mass is 35.5. The van der Waals surface area contributed by atoms with Crippen LogP contribution in [-0.2, 0) is 6.42 Å². The molecule has 0 atom stereocenters. The molecule has 0 saturated carbocycles. The number of benzene rings is 1. The second-order valence-electron chi connectivity index (χ2n) is 4.48. The Bertz CT molecular complexity index is 559. The molecule has 20 heavy (non-hydrogen) atoms. The van der Waals surface area contributed by atoms with E-state index >= 15 is 0 Å². The van der Waals surface area contributed by atoms with Crippen molar-refractivity contribution in [3.05, 3.63) is 34.9 Å². The molecule has 108 valence electrons. The molecule has 0 radical (unpaired) electrons. The first kappa shape index (κ1) is 14.9. The maximum Gasteiger partial charge on any atom is 0.250 e. The number of rotatable bonds is 7. The predicted molar refractivity (Wildman–Crippen MR) is 76.2 cm³/mol. The number of halogens is 2. The third kappa shape index (κ3) is 4.02. The van der Waals surface area contributed by atoms with Crippen molar-refractivity contribution in [2.24, 2.45) is 0 Å². The Hall–Kier alpha value is -1.46. The lowest BCUT2D eigenvalue weighted by atomic mass is 10.2. The van der Waals surface area contributed by atoms with Crippen molar-refractivity contribution in [2.45, 2.75) is 26.2 Å². The molecule has 0 bridgehead atoms. The van der Waals surface area contributed by atoms with Crippen LogP contribution >= 0.6 is 11.6 Å². The number of nitrogens with zero attached hydrogens (tertiary/aromatic N) is 2. The highest BCUT2D eigenvalue weighted by Gasteiger charge is 2.13. The normalized spacial score (nSPS) is 10.9. The van der Waals surface area contributed by atoms with E-state index in [0.717, 1.165) is 25.9 Å². The zero-order valence-electron chi connectivity index (χ0n) is 11.3.